The van der Waals surface area contributed by atoms with Gasteiger partial charge in [0.2, 0.25) is 0 Å². The van der Waals surface area contributed by atoms with Crippen molar-refractivity contribution in [3.05, 3.63) is 95.1 Å². The van der Waals surface area contributed by atoms with Gasteiger partial charge < -0.3 is 19.7 Å². The molecule has 3 aromatic rings. The van der Waals surface area contributed by atoms with Crippen LogP contribution in [-0.4, -0.2) is 41.1 Å². The number of phenolic OH excluding ortho intramolecular Hbond substituents is 1. The Morgan fingerprint density at radius 2 is 1.68 bits per heavy atom. The molecule has 4 rings (SSSR count). The number of anilines is 1. The number of aromatic hydroxyl groups is 1. The fourth-order valence-corrected chi connectivity index (χ4v) is 4.23. The Kier molecular flexibility index (Phi) is 7.29. The molecule has 2 N–H and O–H groups in total. The van der Waals surface area contributed by atoms with Crippen LogP contribution >= 0.6 is 0 Å². The number of ketones is 1. The fourth-order valence-electron chi connectivity index (χ4n) is 4.23. The summed E-state index contributed by atoms with van der Waals surface area (Å²) < 4.78 is 10.4. The lowest BCUT2D eigenvalue weighted by Crippen LogP contribution is -2.29. The van der Waals surface area contributed by atoms with Crippen molar-refractivity contribution in [2.24, 2.45) is 0 Å². The monoisotopic (exact) mass is 501 g/mol. The molecule has 0 aliphatic carbocycles. The van der Waals surface area contributed by atoms with Crippen molar-refractivity contribution < 1.29 is 34.1 Å². The summed E-state index contributed by atoms with van der Waals surface area (Å²) >= 11 is 0. The van der Waals surface area contributed by atoms with Gasteiger partial charge in [-0.05, 0) is 61.4 Å². The van der Waals surface area contributed by atoms with Gasteiger partial charge in [-0.3, -0.25) is 19.3 Å². The van der Waals surface area contributed by atoms with Crippen LogP contribution < -0.4 is 9.64 Å². The maximum atomic E-state index is 13.3. The molecule has 1 saturated heterocycles. The number of methoxy groups -OCH3 is 1. The van der Waals surface area contributed by atoms with E-state index in [1.54, 1.807) is 60.7 Å². The van der Waals surface area contributed by atoms with Gasteiger partial charge in [0.15, 0.2) is 0 Å². The van der Waals surface area contributed by atoms with E-state index in [-0.39, 0.29) is 29.6 Å². The highest BCUT2D eigenvalue weighted by Crippen LogP contribution is 2.42. The molecule has 3 aromatic carbocycles. The Morgan fingerprint density at radius 1 is 1.00 bits per heavy atom. The van der Waals surface area contributed by atoms with Gasteiger partial charge >= 0.3 is 5.97 Å². The summed E-state index contributed by atoms with van der Waals surface area (Å²) in [5, 5.41) is 21.1. The summed E-state index contributed by atoms with van der Waals surface area (Å²) in [6.07, 6.45) is -0.0340. The van der Waals surface area contributed by atoms with Crippen molar-refractivity contribution in [3.63, 3.8) is 0 Å². The molecular formula is C29H27NO7. The molecule has 0 aromatic heterocycles. The lowest BCUT2D eigenvalue weighted by atomic mass is 9.95. The second-order valence-corrected chi connectivity index (χ2v) is 8.87. The minimum Gasteiger partial charge on any atom is -0.508 e. The summed E-state index contributed by atoms with van der Waals surface area (Å²) in [7, 11) is 1.30. The number of rotatable bonds is 7. The van der Waals surface area contributed by atoms with Gasteiger partial charge in [0.1, 0.15) is 17.3 Å². The third-order valence-electron chi connectivity index (χ3n) is 5.92. The van der Waals surface area contributed by atoms with Crippen LogP contribution in [0.2, 0.25) is 0 Å². The Labute approximate surface area is 214 Å². The summed E-state index contributed by atoms with van der Waals surface area (Å²) in [5.74, 6) is -1.86. The van der Waals surface area contributed by atoms with Crippen molar-refractivity contribution in [2.75, 3.05) is 12.0 Å². The molecule has 1 atom stereocenters. The number of Topliss-reactive ketones (excluding diaryl/α,β-unsaturated/α-hetero) is 1. The third-order valence-corrected chi connectivity index (χ3v) is 5.92. The Bertz CT molecular complexity index is 1360. The molecule has 0 radical (unpaired) electrons. The number of aliphatic hydroxyl groups excluding tert-OH is 1. The summed E-state index contributed by atoms with van der Waals surface area (Å²) in [4.78, 5) is 39.5. The van der Waals surface area contributed by atoms with Crippen LogP contribution in [0.3, 0.4) is 0 Å². The second-order valence-electron chi connectivity index (χ2n) is 8.87. The molecule has 1 unspecified atom stereocenters. The van der Waals surface area contributed by atoms with Crippen molar-refractivity contribution in [1.29, 1.82) is 0 Å². The molecule has 1 aliphatic rings. The van der Waals surface area contributed by atoms with Crippen LogP contribution in [0.1, 0.15) is 36.6 Å². The first kappa shape index (κ1) is 25.5. The number of hydrogen-bond donors (Lipinski definition) is 2. The van der Waals surface area contributed by atoms with E-state index < -0.39 is 23.7 Å². The summed E-state index contributed by atoms with van der Waals surface area (Å²) in [6.45, 7) is 3.75. The number of carbonyl (C=O) groups is 3. The largest absolute Gasteiger partial charge is 0.508 e. The number of amides is 1. The van der Waals surface area contributed by atoms with Gasteiger partial charge in [-0.1, -0.05) is 36.4 Å². The van der Waals surface area contributed by atoms with Crippen molar-refractivity contribution >= 4 is 29.1 Å². The second kappa shape index (κ2) is 10.6. The molecule has 0 spiro atoms. The number of esters is 1. The zero-order chi connectivity index (χ0) is 26.7. The highest BCUT2D eigenvalue weighted by molar-refractivity contribution is 6.51. The van der Waals surface area contributed by atoms with E-state index in [1.165, 1.54) is 24.1 Å². The van der Waals surface area contributed by atoms with Crippen LogP contribution in [0.4, 0.5) is 5.69 Å². The molecule has 8 nitrogen and oxygen atoms in total. The van der Waals surface area contributed by atoms with Gasteiger partial charge in [0.05, 0.1) is 31.2 Å². The quantitative estimate of drug-likeness (QED) is 0.212. The number of aliphatic hydroxyl groups is 1. The molecule has 1 heterocycles. The zero-order valence-electron chi connectivity index (χ0n) is 20.7. The molecule has 37 heavy (non-hydrogen) atoms. The molecule has 1 amide bonds. The normalized spacial score (nSPS) is 16.8. The van der Waals surface area contributed by atoms with E-state index in [0.29, 0.717) is 28.1 Å². The average molecular weight is 502 g/mol. The first-order valence-electron chi connectivity index (χ1n) is 11.7. The van der Waals surface area contributed by atoms with Gasteiger partial charge in [0.25, 0.3) is 11.7 Å². The Morgan fingerprint density at radius 3 is 2.30 bits per heavy atom. The number of benzene rings is 3. The lowest BCUT2D eigenvalue weighted by molar-refractivity contribution is -0.139. The van der Waals surface area contributed by atoms with Crippen LogP contribution in [0.25, 0.3) is 5.76 Å². The maximum absolute atomic E-state index is 13.3. The molecule has 1 fully saturated rings. The predicted molar refractivity (Wildman–Crippen MR) is 137 cm³/mol. The van der Waals surface area contributed by atoms with Crippen molar-refractivity contribution in [1.82, 2.24) is 0 Å². The third kappa shape index (κ3) is 5.33. The van der Waals surface area contributed by atoms with Crippen LogP contribution in [0.15, 0.2) is 78.4 Å². The van der Waals surface area contributed by atoms with E-state index >= 15 is 0 Å². The van der Waals surface area contributed by atoms with E-state index in [4.69, 9.17) is 9.47 Å². The van der Waals surface area contributed by atoms with E-state index in [1.807, 2.05) is 13.8 Å². The van der Waals surface area contributed by atoms with Gasteiger partial charge in [-0.25, -0.2) is 0 Å². The Hall–Kier alpha value is -4.59. The van der Waals surface area contributed by atoms with E-state index in [2.05, 4.69) is 0 Å². The van der Waals surface area contributed by atoms with E-state index in [0.717, 1.165) is 0 Å². The van der Waals surface area contributed by atoms with Crippen molar-refractivity contribution in [2.45, 2.75) is 32.4 Å². The number of carbonyl (C=O) groups excluding carboxylic acids is 3. The first-order chi connectivity index (χ1) is 17.7. The van der Waals surface area contributed by atoms with Gasteiger partial charge in [0, 0.05) is 11.3 Å². The number of hydrogen-bond acceptors (Lipinski definition) is 7. The number of nitrogens with zero attached hydrogens (tertiary/aromatic N) is 1. The van der Waals surface area contributed by atoms with Gasteiger partial charge in [-0.15, -0.1) is 0 Å². The summed E-state index contributed by atoms with van der Waals surface area (Å²) in [6, 6.07) is 18.4. The predicted octanol–water partition coefficient (Wildman–Crippen LogP) is 4.52. The van der Waals surface area contributed by atoms with Gasteiger partial charge in [-0.2, -0.15) is 0 Å². The standard InChI is InChI=1S/C29H27NO7/c1-17(2)37-23-6-4-5-20(16-23)27(33)25-26(19-9-13-22(31)14-10-19)30(29(35)28(25)34)21-11-7-18(8-12-21)15-24(32)36-3/h4-14,16-17,26,31,33H,15H2,1-3H3/b27-25-. The topological polar surface area (TPSA) is 113 Å². The zero-order valence-corrected chi connectivity index (χ0v) is 20.7. The lowest BCUT2D eigenvalue weighted by Gasteiger charge is -2.25. The fraction of sp³-hybridized carbons (Fsp3) is 0.207. The Balaban J connectivity index is 1.83. The van der Waals surface area contributed by atoms with E-state index in [9.17, 15) is 24.6 Å². The average Bonchev–Trinajstić information content (AvgIpc) is 3.14. The maximum Gasteiger partial charge on any atom is 0.309 e. The highest BCUT2D eigenvalue weighted by Gasteiger charge is 2.47. The number of phenols is 1. The minimum atomic E-state index is -0.957. The molecule has 0 saturated carbocycles. The molecular weight excluding hydrogens is 474 g/mol. The molecule has 1 aliphatic heterocycles. The van der Waals surface area contributed by atoms with Crippen LogP contribution in [0.5, 0.6) is 11.5 Å². The minimum absolute atomic E-state index is 0.0198. The smallest absolute Gasteiger partial charge is 0.309 e. The highest BCUT2D eigenvalue weighted by atomic mass is 16.5. The molecule has 8 heteroatoms. The van der Waals surface area contributed by atoms with Crippen LogP contribution in [-0.2, 0) is 25.5 Å². The number of ether oxygens (including phenoxy) is 2. The molecule has 190 valence electrons. The van der Waals surface area contributed by atoms with Crippen LogP contribution in [0, 0.1) is 0 Å². The summed E-state index contributed by atoms with van der Waals surface area (Å²) in [5.41, 5.74) is 1.84. The van der Waals surface area contributed by atoms with Crippen molar-refractivity contribution in [3.8, 4) is 11.5 Å². The molecule has 0 bridgehead atoms. The SMILES string of the molecule is COC(=O)Cc1ccc(N2C(=O)C(=O)/C(=C(\O)c3cccc(OC(C)C)c3)C2c2ccc(O)cc2)cc1. The first-order valence-corrected chi connectivity index (χ1v) is 11.7.